The molecule has 0 aromatic rings. The van der Waals surface area contributed by atoms with E-state index in [1.807, 2.05) is 0 Å². The van der Waals surface area contributed by atoms with Crippen LogP contribution >= 0.6 is 31.9 Å². The van der Waals surface area contributed by atoms with Crippen LogP contribution in [-0.4, -0.2) is 83.4 Å². The quantitative estimate of drug-likeness (QED) is 0.162. The molecule has 12 heteroatoms. The van der Waals surface area contributed by atoms with Gasteiger partial charge in [-0.2, -0.15) is 0 Å². The van der Waals surface area contributed by atoms with Gasteiger partial charge in [0.05, 0.1) is 32.8 Å². The van der Waals surface area contributed by atoms with Gasteiger partial charge in [-0.3, -0.25) is 14.4 Å². The number of hydrogen-bond acceptors (Lipinski definition) is 10. The highest BCUT2D eigenvalue weighted by atomic mass is 79.9. The fourth-order valence-electron chi connectivity index (χ4n) is 2.00. The lowest BCUT2D eigenvalue weighted by Crippen LogP contribution is -2.39. The summed E-state index contributed by atoms with van der Waals surface area (Å²) in [5.41, 5.74) is -0.413. The maximum atomic E-state index is 11.7. The molecular formula is C22H38Br2O10. The van der Waals surface area contributed by atoms with E-state index in [1.165, 1.54) is 14.2 Å². The summed E-state index contributed by atoms with van der Waals surface area (Å²) in [7, 11) is 2.62. The van der Waals surface area contributed by atoms with Crippen molar-refractivity contribution < 1.29 is 48.3 Å². The normalized spacial score (nSPS) is 12.4. The van der Waals surface area contributed by atoms with Crippen LogP contribution in [0.5, 0.6) is 0 Å². The maximum absolute atomic E-state index is 11.7. The highest BCUT2D eigenvalue weighted by Gasteiger charge is 2.42. The van der Waals surface area contributed by atoms with Gasteiger partial charge < -0.3 is 29.2 Å². The Morgan fingerprint density at radius 2 is 1.21 bits per heavy atom. The molecule has 0 saturated carbocycles. The van der Waals surface area contributed by atoms with E-state index in [0.717, 1.165) is 0 Å². The Balaban J connectivity index is -0.000000477. The molecule has 2 N–H and O–H groups in total. The monoisotopic (exact) mass is 620 g/mol. The molecule has 0 spiro atoms. The highest BCUT2D eigenvalue weighted by Crippen LogP contribution is 2.35. The first-order valence-corrected chi connectivity index (χ1v) is 11.7. The summed E-state index contributed by atoms with van der Waals surface area (Å²) < 4.78 is 16.8. The van der Waals surface area contributed by atoms with Gasteiger partial charge in [-0.05, 0) is 48.0 Å². The van der Waals surface area contributed by atoms with Crippen molar-refractivity contribution in [2.45, 2.75) is 56.6 Å². The van der Waals surface area contributed by atoms with Gasteiger partial charge in [-0.25, -0.2) is 4.79 Å². The van der Waals surface area contributed by atoms with Crippen molar-refractivity contribution in [1.82, 2.24) is 0 Å². The lowest BCUT2D eigenvalue weighted by Gasteiger charge is -2.29. The Morgan fingerprint density at radius 3 is 1.47 bits per heavy atom. The van der Waals surface area contributed by atoms with E-state index in [4.69, 9.17) is 14.9 Å². The van der Waals surface area contributed by atoms with Crippen LogP contribution in [0.2, 0.25) is 0 Å². The van der Waals surface area contributed by atoms with Crippen molar-refractivity contribution >= 4 is 55.7 Å². The summed E-state index contributed by atoms with van der Waals surface area (Å²) in [6, 6.07) is 0. The summed E-state index contributed by atoms with van der Waals surface area (Å²) in [5, 5.41) is 16.9. The molecule has 0 aliphatic rings. The number of carbonyl (C=O) groups excluding carboxylic acids is 4. The molecule has 0 rings (SSSR count). The first-order valence-electron chi connectivity index (χ1n) is 10.1. The minimum absolute atomic E-state index is 0.0422. The molecule has 0 radical (unpaired) electrons. The fraction of sp³-hybridized carbons (Fsp3) is 0.727. The number of halogens is 2. The maximum Gasteiger partial charge on any atom is 0.332 e. The number of aliphatic hydroxyl groups is 2. The van der Waals surface area contributed by atoms with Gasteiger partial charge in [0, 0.05) is 5.57 Å². The smallest absolute Gasteiger partial charge is 0.332 e. The summed E-state index contributed by atoms with van der Waals surface area (Å²) >= 11 is 6.37. The molecule has 0 amide bonds. The first-order chi connectivity index (χ1) is 15.3. The molecule has 200 valence electrons. The van der Waals surface area contributed by atoms with Crippen LogP contribution in [-0.2, 0) is 38.1 Å². The highest BCUT2D eigenvalue weighted by molar-refractivity contribution is 9.10. The summed E-state index contributed by atoms with van der Waals surface area (Å²) in [6.45, 7) is 13.0. The van der Waals surface area contributed by atoms with Gasteiger partial charge in [0.1, 0.15) is 21.9 Å². The van der Waals surface area contributed by atoms with Crippen molar-refractivity contribution in [3.63, 3.8) is 0 Å². The number of ether oxygens (including phenoxy) is 4. The Labute approximate surface area is 218 Å². The lowest BCUT2D eigenvalue weighted by atomic mass is 9.83. The predicted octanol–water partition coefficient (Wildman–Crippen LogP) is 2.70. The van der Waals surface area contributed by atoms with E-state index in [0.29, 0.717) is 5.57 Å². The number of aliphatic hydroxyl groups excluding tert-OH is 2. The van der Waals surface area contributed by atoms with Gasteiger partial charge in [0.15, 0.2) is 0 Å². The minimum atomic E-state index is -0.941. The zero-order chi connectivity index (χ0) is 27.8. The van der Waals surface area contributed by atoms with Crippen molar-refractivity contribution in [2.75, 3.05) is 40.6 Å². The van der Waals surface area contributed by atoms with Gasteiger partial charge in [-0.1, -0.05) is 38.4 Å². The number of hydrogen-bond donors (Lipinski definition) is 2. The van der Waals surface area contributed by atoms with Crippen LogP contribution in [0.1, 0.15) is 48.0 Å². The third-order valence-corrected chi connectivity index (χ3v) is 4.53. The largest absolute Gasteiger partial charge is 0.468 e. The zero-order valence-electron chi connectivity index (χ0n) is 21.2. The SMILES string of the molecule is C=C(C)C(=O)OC.CC(C)(Br)C(=O)OCCO.COC(=O)C(C)(Br)CC(C)(C)C(=O)OCCO. The van der Waals surface area contributed by atoms with Crippen LogP contribution in [0.3, 0.4) is 0 Å². The summed E-state index contributed by atoms with van der Waals surface area (Å²) in [6.07, 6.45) is 0.233. The van der Waals surface area contributed by atoms with Gasteiger partial charge >= 0.3 is 23.9 Å². The molecular weight excluding hydrogens is 584 g/mol. The van der Waals surface area contributed by atoms with Crippen molar-refractivity contribution in [1.29, 1.82) is 0 Å². The molecule has 1 unspecified atom stereocenters. The van der Waals surface area contributed by atoms with E-state index in [-0.39, 0.29) is 44.8 Å². The Bertz CT molecular complexity index is 667. The molecule has 0 aromatic carbocycles. The molecule has 10 nitrogen and oxygen atoms in total. The molecule has 0 heterocycles. The molecule has 1 atom stereocenters. The van der Waals surface area contributed by atoms with E-state index in [1.54, 1.807) is 41.5 Å². The Morgan fingerprint density at radius 1 is 0.794 bits per heavy atom. The molecule has 34 heavy (non-hydrogen) atoms. The van der Waals surface area contributed by atoms with Crippen molar-refractivity contribution in [3.05, 3.63) is 12.2 Å². The topological polar surface area (TPSA) is 146 Å². The average molecular weight is 622 g/mol. The van der Waals surface area contributed by atoms with Gasteiger partial charge in [0.2, 0.25) is 0 Å². The van der Waals surface area contributed by atoms with Gasteiger partial charge in [-0.15, -0.1) is 0 Å². The molecule has 0 bridgehead atoms. The van der Waals surface area contributed by atoms with Crippen LogP contribution < -0.4 is 0 Å². The number of esters is 4. The average Bonchev–Trinajstić information content (AvgIpc) is 2.73. The second-order valence-corrected chi connectivity index (χ2v) is 11.9. The molecule has 0 aromatic heterocycles. The predicted molar refractivity (Wildman–Crippen MR) is 134 cm³/mol. The Kier molecular flexibility index (Phi) is 19.5. The van der Waals surface area contributed by atoms with E-state index in [9.17, 15) is 19.2 Å². The third-order valence-electron chi connectivity index (χ3n) is 3.61. The molecule has 0 fully saturated rings. The number of methoxy groups -OCH3 is 2. The van der Waals surface area contributed by atoms with Crippen molar-refractivity contribution in [2.24, 2.45) is 5.41 Å². The second kappa shape index (κ2) is 17.9. The van der Waals surface area contributed by atoms with E-state index >= 15 is 0 Å². The number of carbonyl (C=O) groups is 4. The minimum Gasteiger partial charge on any atom is -0.468 e. The molecule has 0 aliphatic heterocycles. The number of rotatable bonds is 10. The second-order valence-electron chi connectivity index (χ2n) is 8.21. The van der Waals surface area contributed by atoms with E-state index in [2.05, 4.69) is 52.6 Å². The van der Waals surface area contributed by atoms with E-state index < -0.39 is 26.0 Å². The third kappa shape index (κ3) is 17.9. The lowest BCUT2D eigenvalue weighted by molar-refractivity contribution is -0.157. The van der Waals surface area contributed by atoms with Gasteiger partial charge in [0.25, 0.3) is 0 Å². The zero-order valence-corrected chi connectivity index (χ0v) is 24.3. The first kappa shape index (κ1) is 37.1. The van der Waals surface area contributed by atoms with Crippen LogP contribution in [0.15, 0.2) is 12.2 Å². The van der Waals surface area contributed by atoms with Crippen LogP contribution in [0.25, 0.3) is 0 Å². The van der Waals surface area contributed by atoms with Crippen LogP contribution in [0.4, 0.5) is 0 Å². The molecule has 0 aliphatic carbocycles. The summed E-state index contributed by atoms with van der Waals surface area (Å²) in [5.74, 6) is -1.61. The standard InChI is InChI=1S/C11H19BrO5.C6H11BrO3.C5H8O2/c1-10(2,8(14)17-6-5-13)7-11(3,12)9(15)16-4;1-6(2,7)5(9)10-4-3-8;1-4(2)5(6)7-3/h13H,5-7H2,1-4H3;8H,3-4H2,1-2H3;1H2,2-3H3. The van der Waals surface area contributed by atoms with Crippen molar-refractivity contribution in [3.8, 4) is 0 Å². The summed E-state index contributed by atoms with van der Waals surface area (Å²) in [4.78, 5) is 44.2. The van der Waals surface area contributed by atoms with Crippen LogP contribution in [0, 0.1) is 5.41 Å². The number of alkyl halides is 2. The fourth-order valence-corrected chi connectivity index (χ4v) is 2.98. The molecule has 0 saturated heterocycles. The Hall–Kier alpha value is -1.50.